The molecule has 0 radical (unpaired) electrons. The van der Waals surface area contributed by atoms with Crippen molar-refractivity contribution in [2.24, 2.45) is 5.41 Å². The Morgan fingerprint density at radius 2 is 1.90 bits per heavy atom. The number of carboxylic acid groups (broad SMARTS) is 2. The van der Waals surface area contributed by atoms with Crippen molar-refractivity contribution in [2.45, 2.75) is 13.3 Å². The molecule has 3 N–H and O–H groups in total. The van der Waals surface area contributed by atoms with Crippen molar-refractivity contribution in [2.75, 3.05) is 0 Å². The molecule has 0 bridgehead atoms. The van der Waals surface area contributed by atoms with Crippen molar-refractivity contribution < 1.29 is 19.8 Å². The maximum Gasteiger partial charge on any atom is 0.331 e. The van der Waals surface area contributed by atoms with Gasteiger partial charge in [-0.25, -0.2) is 9.78 Å². The summed E-state index contributed by atoms with van der Waals surface area (Å²) in [6, 6.07) is 9.93. The molecular formula is C20H19IN4O4. The zero-order valence-corrected chi connectivity index (χ0v) is 17.8. The van der Waals surface area contributed by atoms with E-state index in [1.54, 1.807) is 12.5 Å². The molecule has 1 aliphatic rings. The minimum atomic E-state index is -1.08. The Bertz CT molecular complexity index is 1070. The number of carbonyl (C=O) groups is 2. The molecule has 2 aromatic heterocycles. The molecule has 1 unspecified atom stereocenters. The molecule has 0 aliphatic heterocycles. The zero-order chi connectivity index (χ0) is 20.1. The fourth-order valence-electron chi connectivity index (χ4n) is 2.81. The van der Waals surface area contributed by atoms with Crippen molar-refractivity contribution in [3.05, 3.63) is 66.7 Å². The van der Waals surface area contributed by atoms with Crippen molar-refractivity contribution in [1.82, 2.24) is 20.2 Å². The van der Waals surface area contributed by atoms with Crippen LogP contribution in [0.4, 0.5) is 0 Å². The van der Waals surface area contributed by atoms with Gasteiger partial charge in [-0.05, 0) is 25.5 Å². The van der Waals surface area contributed by atoms with E-state index < -0.39 is 17.4 Å². The number of halogens is 1. The average molecular weight is 506 g/mol. The number of nitrogens with zero attached hydrogens (tertiary/aromatic N) is 3. The SMILES string of the molecule is CC1(C(=O)O)C=CC=C(C(=O)O)C1.I.c1cnc2c(-c3nc[nH]n3)cccc2c1. The van der Waals surface area contributed by atoms with Gasteiger partial charge in [0, 0.05) is 22.7 Å². The van der Waals surface area contributed by atoms with Crippen LogP contribution in [0, 0.1) is 5.41 Å². The number of allylic oxidation sites excluding steroid dienone is 2. The topological polar surface area (TPSA) is 129 Å². The van der Waals surface area contributed by atoms with E-state index in [2.05, 4.69) is 20.2 Å². The first kappa shape index (κ1) is 22.2. The molecule has 3 aromatic rings. The number of para-hydroxylation sites is 1. The minimum Gasteiger partial charge on any atom is -0.481 e. The third-order valence-corrected chi connectivity index (χ3v) is 4.37. The zero-order valence-electron chi connectivity index (χ0n) is 15.4. The van der Waals surface area contributed by atoms with Crippen LogP contribution >= 0.6 is 24.0 Å². The Labute approximate surface area is 183 Å². The molecule has 1 aliphatic carbocycles. The van der Waals surface area contributed by atoms with E-state index in [-0.39, 0.29) is 36.0 Å². The summed E-state index contributed by atoms with van der Waals surface area (Å²) in [6.45, 7) is 1.50. The number of aromatic amines is 1. The van der Waals surface area contributed by atoms with Gasteiger partial charge in [-0.15, -0.1) is 24.0 Å². The van der Waals surface area contributed by atoms with Gasteiger partial charge >= 0.3 is 11.9 Å². The van der Waals surface area contributed by atoms with Gasteiger partial charge in [0.2, 0.25) is 0 Å². The van der Waals surface area contributed by atoms with Crippen LogP contribution in [-0.2, 0) is 9.59 Å². The number of aliphatic carboxylic acids is 2. The Kier molecular flexibility index (Phi) is 7.21. The van der Waals surface area contributed by atoms with Gasteiger partial charge in [0.15, 0.2) is 5.82 Å². The highest BCUT2D eigenvalue weighted by Gasteiger charge is 2.34. The lowest BCUT2D eigenvalue weighted by Crippen LogP contribution is -2.28. The van der Waals surface area contributed by atoms with Crippen LogP contribution < -0.4 is 0 Å². The number of rotatable bonds is 3. The van der Waals surface area contributed by atoms with Crippen molar-refractivity contribution in [3.63, 3.8) is 0 Å². The van der Waals surface area contributed by atoms with E-state index in [0.29, 0.717) is 5.82 Å². The fraction of sp³-hybridized carbons (Fsp3) is 0.150. The fourth-order valence-corrected chi connectivity index (χ4v) is 2.81. The normalized spacial score (nSPS) is 17.5. The van der Waals surface area contributed by atoms with Gasteiger partial charge in [0.1, 0.15) is 6.33 Å². The maximum atomic E-state index is 10.8. The number of nitrogens with one attached hydrogen (secondary N) is 1. The van der Waals surface area contributed by atoms with Gasteiger partial charge in [0.25, 0.3) is 0 Å². The van der Waals surface area contributed by atoms with Crippen LogP contribution in [0.3, 0.4) is 0 Å². The van der Waals surface area contributed by atoms with Crippen LogP contribution in [0.25, 0.3) is 22.3 Å². The summed E-state index contributed by atoms with van der Waals surface area (Å²) >= 11 is 0. The molecule has 9 heteroatoms. The monoisotopic (exact) mass is 506 g/mol. The number of H-pyrrole nitrogens is 1. The number of pyridine rings is 1. The maximum absolute atomic E-state index is 10.8. The molecule has 1 atom stereocenters. The molecule has 4 rings (SSSR count). The number of fused-ring (bicyclic) bond motifs is 1. The van der Waals surface area contributed by atoms with Crippen molar-refractivity contribution in [3.8, 4) is 11.4 Å². The third kappa shape index (κ3) is 5.05. The summed E-state index contributed by atoms with van der Waals surface area (Å²) < 4.78 is 0. The standard InChI is InChI=1S/C11H8N4.C9H10O4.HI/c1-3-8-4-2-6-12-10(8)9(5-1)11-13-7-14-15-11;1-9(8(12)13)4-2-3-6(5-9)7(10)11;/h1-7H,(H,13,14,15);2-4H,5H2,1H3,(H,10,11)(H,12,13);1H. The van der Waals surface area contributed by atoms with E-state index in [1.807, 2.05) is 30.3 Å². The Hall–Kier alpha value is -3.08. The molecule has 0 saturated heterocycles. The Morgan fingerprint density at radius 1 is 1.14 bits per heavy atom. The lowest BCUT2D eigenvalue weighted by Gasteiger charge is -2.23. The summed E-state index contributed by atoms with van der Waals surface area (Å²) in [5, 5.41) is 25.3. The van der Waals surface area contributed by atoms with Gasteiger partial charge in [-0.3, -0.25) is 14.9 Å². The van der Waals surface area contributed by atoms with Crippen LogP contribution in [-0.4, -0.2) is 42.3 Å². The molecule has 29 heavy (non-hydrogen) atoms. The van der Waals surface area contributed by atoms with Crippen molar-refractivity contribution in [1.29, 1.82) is 0 Å². The van der Waals surface area contributed by atoms with Crippen LogP contribution in [0.1, 0.15) is 13.3 Å². The molecule has 1 aromatic carbocycles. The molecule has 0 fully saturated rings. The molecule has 0 amide bonds. The highest BCUT2D eigenvalue weighted by molar-refractivity contribution is 14.0. The quantitative estimate of drug-likeness (QED) is 0.462. The molecule has 8 nitrogen and oxygen atoms in total. The van der Waals surface area contributed by atoms with Crippen molar-refractivity contribution >= 4 is 46.8 Å². The number of aromatic nitrogens is 4. The summed E-state index contributed by atoms with van der Waals surface area (Å²) in [6.07, 6.45) is 7.78. The first-order valence-electron chi connectivity index (χ1n) is 8.46. The number of hydrogen-bond acceptors (Lipinski definition) is 5. The second-order valence-electron chi connectivity index (χ2n) is 6.46. The average Bonchev–Trinajstić information content (AvgIpc) is 3.22. The number of carboxylic acids is 2. The third-order valence-electron chi connectivity index (χ3n) is 4.37. The molecule has 150 valence electrons. The first-order chi connectivity index (χ1) is 13.4. The van der Waals surface area contributed by atoms with Crippen LogP contribution in [0.2, 0.25) is 0 Å². The largest absolute Gasteiger partial charge is 0.481 e. The molecule has 0 spiro atoms. The first-order valence-corrected chi connectivity index (χ1v) is 8.46. The van der Waals surface area contributed by atoms with E-state index in [0.717, 1.165) is 16.5 Å². The summed E-state index contributed by atoms with van der Waals surface area (Å²) in [5.74, 6) is -1.38. The molecule has 2 heterocycles. The predicted octanol–water partition coefficient (Wildman–Crippen LogP) is 3.69. The molecular weight excluding hydrogens is 487 g/mol. The lowest BCUT2D eigenvalue weighted by molar-refractivity contribution is -0.145. The summed E-state index contributed by atoms with van der Waals surface area (Å²) in [4.78, 5) is 29.8. The Balaban J connectivity index is 0.000000203. The minimum absolute atomic E-state index is 0. The highest BCUT2D eigenvalue weighted by atomic mass is 127. The predicted molar refractivity (Wildman–Crippen MR) is 118 cm³/mol. The number of benzene rings is 1. The van der Waals surface area contributed by atoms with Gasteiger partial charge in [0.05, 0.1) is 10.9 Å². The van der Waals surface area contributed by atoms with Gasteiger partial charge in [-0.1, -0.05) is 36.4 Å². The van der Waals surface area contributed by atoms with Gasteiger partial charge in [-0.2, -0.15) is 5.10 Å². The smallest absolute Gasteiger partial charge is 0.331 e. The molecule has 0 saturated carbocycles. The van der Waals surface area contributed by atoms with E-state index in [9.17, 15) is 9.59 Å². The van der Waals surface area contributed by atoms with Crippen LogP contribution in [0.15, 0.2) is 66.7 Å². The Morgan fingerprint density at radius 3 is 2.55 bits per heavy atom. The van der Waals surface area contributed by atoms with E-state index in [1.165, 1.54) is 25.2 Å². The highest BCUT2D eigenvalue weighted by Crippen LogP contribution is 2.31. The van der Waals surface area contributed by atoms with E-state index >= 15 is 0 Å². The van der Waals surface area contributed by atoms with E-state index in [4.69, 9.17) is 10.2 Å². The second kappa shape index (κ2) is 9.41. The number of hydrogen-bond donors (Lipinski definition) is 3. The lowest BCUT2D eigenvalue weighted by atomic mass is 9.80. The summed E-state index contributed by atoms with van der Waals surface area (Å²) in [7, 11) is 0. The summed E-state index contributed by atoms with van der Waals surface area (Å²) in [5.41, 5.74) is 0.934. The van der Waals surface area contributed by atoms with Gasteiger partial charge < -0.3 is 10.2 Å². The second-order valence-corrected chi connectivity index (χ2v) is 6.46. The van der Waals surface area contributed by atoms with Crippen LogP contribution in [0.5, 0.6) is 0 Å².